The number of nitrogens with one attached hydrogen (secondary N) is 1. The van der Waals surface area contributed by atoms with Crippen molar-refractivity contribution < 1.29 is 0 Å². The van der Waals surface area contributed by atoms with Crippen molar-refractivity contribution in [1.82, 2.24) is 19.5 Å². The number of nitrogens with zero attached hydrogens (tertiary/aromatic N) is 3. The molecule has 1 N–H and O–H groups in total. The molecule has 114 valence electrons. The number of fused-ring (bicyclic) bond motifs is 1. The van der Waals surface area contributed by atoms with Crippen LogP contribution in [0.1, 0.15) is 50.9 Å². The predicted molar refractivity (Wildman–Crippen MR) is 84.0 cm³/mol. The lowest BCUT2D eigenvalue weighted by atomic mass is 9.92. The van der Waals surface area contributed by atoms with E-state index >= 15 is 0 Å². The Balaban J connectivity index is 2.16. The van der Waals surface area contributed by atoms with E-state index in [0.717, 1.165) is 43.0 Å². The van der Waals surface area contributed by atoms with Gasteiger partial charge in [-0.15, -0.1) is 0 Å². The molecule has 0 unspecified atom stereocenters. The maximum Gasteiger partial charge on any atom is 0.274 e. The van der Waals surface area contributed by atoms with E-state index in [1.807, 2.05) is 13.1 Å². The Bertz CT molecular complexity index is 714. The Labute approximate surface area is 125 Å². The van der Waals surface area contributed by atoms with Gasteiger partial charge in [-0.25, -0.2) is 0 Å². The van der Waals surface area contributed by atoms with Gasteiger partial charge < -0.3 is 9.88 Å². The van der Waals surface area contributed by atoms with Gasteiger partial charge in [0.05, 0.1) is 5.69 Å². The Kier molecular flexibility index (Phi) is 3.40. The molecule has 5 heteroatoms. The van der Waals surface area contributed by atoms with E-state index in [4.69, 9.17) is 0 Å². The van der Waals surface area contributed by atoms with Crippen LogP contribution < -0.4 is 10.9 Å². The summed E-state index contributed by atoms with van der Waals surface area (Å²) < 4.78 is 3.67. The monoisotopic (exact) mass is 288 g/mol. The van der Waals surface area contributed by atoms with Gasteiger partial charge in [-0.3, -0.25) is 4.79 Å². The van der Waals surface area contributed by atoms with E-state index in [1.54, 1.807) is 6.07 Å². The maximum absolute atomic E-state index is 12.4. The normalized spacial score (nSPS) is 17.5. The molecule has 3 rings (SSSR count). The van der Waals surface area contributed by atoms with Crippen molar-refractivity contribution in [3.8, 4) is 0 Å². The Morgan fingerprint density at radius 3 is 2.52 bits per heavy atom. The molecule has 0 saturated carbocycles. The highest BCUT2D eigenvalue weighted by Gasteiger charge is 2.23. The number of aryl methyl sites for hydroxylation is 1. The zero-order valence-corrected chi connectivity index (χ0v) is 13.3. The van der Waals surface area contributed by atoms with Crippen LogP contribution in [-0.4, -0.2) is 27.3 Å². The average Bonchev–Trinajstić information content (AvgIpc) is 2.90. The van der Waals surface area contributed by atoms with Crippen LogP contribution in [0.3, 0.4) is 0 Å². The van der Waals surface area contributed by atoms with Crippen LogP contribution in [0, 0.1) is 0 Å². The van der Waals surface area contributed by atoms with Gasteiger partial charge in [0.25, 0.3) is 5.56 Å². The third-order valence-corrected chi connectivity index (χ3v) is 4.43. The van der Waals surface area contributed by atoms with Gasteiger partial charge in [-0.1, -0.05) is 20.8 Å². The molecule has 2 aromatic rings. The minimum Gasteiger partial charge on any atom is -0.333 e. The molecule has 0 atom stereocenters. The van der Waals surface area contributed by atoms with Crippen molar-refractivity contribution in [2.24, 2.45) is 7.05 Å². The first kappa shape index (κ1) is 14.3. The van der Waals surface area contributed by atoms with E-state index in [0.29, 0.717) is 5.92 Å². The molecule has 0 radical (unpaired) electrons. The molecule has 5 nitrogen and oxygen atoms in total. The van der Waals surface area contributed by atoms with Gasteiger partial charge >= 0.3 is 0 Å². The second kappa shape index (κ2) is 4.98. The van der Waals surface area contributed by atoms with E-state index < -0.39 is 0 Å². The summed E-state index contributed by atoms with van der Waals surface area (Å²) in [5.74, 6) is 0.460. The smallest absolute Gasteiger partial charge is 0.274 e. The van der Waals surface area contributed by atoms with Crippen molar-refractivity contribution in [1.29, 1.82) is 0 Å². The van der Waals surface area contributed by atoms with Gasteiger partial charge in [0.15, 0.2) is 0 Å². The summed E-state index contributed by atoms with van der Waals surface area (Å²) >= 11 is 0. The Morgan fingerprint density at radius 1 is 1.24 bits per heavy atom. The molecule has 0 amide bonds. The average molecular weight is 288 g/mol. The fourth-order valence-electron chi connectivity index (χ4n) is 3.06. The number of aromatic nitrogens is 3. The molecule has 0 spiro atoms. The fraction of sp³-hybridized carbons (Fsp3) is 0.625. The summed E-state index contributed by atoms with van der Waals surface area (Å²) in [5, 5.41) is 7.88. The highest BCUT2D eigenvalue weighted by atomic mass is 16.1. The molecular formula is C16H24N4O. The first-order valence-electron chi connectivity index (χ1n) is 7.69. The molecule has 1 aliphatic rings. The lowest BCUT2D eigenvalue weighted by Crippen LogP contribution is -2.29. The van der Waals surface area contributed by atoms with Crippen molar-refractivity contribution in [3.05, 3.63) is 33.9 Å². The number of piperidine rings is 1. The molecule has 0 bridgehead atoms. The molecule has 1 saturated heterocycles. The van der Waals surface area contributed by atoms with Crippen LogP contribution in [-0.2, 0) is 12.5 Å². The summed E-state index contributed by atoms with van der Waals surface area (Å²) in [6.45, 7) is 8.40. The topological polar surface area (TPSA) is 51.3 Å². The molecule has 3 heterocycles. The van der Waals surface area contributed by atoms with E-state index in [2.05, 4.69) is 35.8 Å². The van der Waals surface area contributed by atoms with Gasteiger partial charge in [0.1, 0.15) is 5.65 Å². The van der Waals surface area contributed by atoms with E-state index in [-0.39, 0.29) is 11.0 Å². The van der Waals surface area contributed by atoms with Crippen molar-refractivity contribution >= 4 is 5.65 Å². The fourth-order valence-corrected chi connectivity index (χ4v) is 3.06. The standard InChI is InChI=1S/C16H24N4O/c1-16(2,3)13-10-14-19(4)12(9-15(21)20(14)18-13)11-5-7-17-8-6-11/h9-11,17H,5-8H2,1-4H3. The van der Waals surface area contributed by atoms with E-state index in [9.17, 15) is 4.79 Å². The third-order valence-electron chi connectivity index (χ3n) is 4.43. The quantitative estimate of drug-likeness (QED) is 0.870. The zero-order valence-electron chi connectivity index (χ0n) is 13.3. The SMILES string of the molecule is Cn1c(C2CCNCC2)cc(=O)n2nc(C(C)(C)C)cc12. The lowest BCUT2D eigenvalue weighted by molar-refractivity contribution is 0.443. The number of hydrogen-bond donors (Lipinski definition) is 1. The zero-order chi connectivity index (χ0) is 15.2. The third kappa shape index (κ3) is 2.50. The largest absolute Gasteiger partial charge is 0.333 e. The van der Waals surface area contributed by atoms with Crippen LogP contribution in [0.2, 0.25) is 0 Å². The summed E-state index contributed by atoms with van der Waals surface area (Å²) in [6.07, 6.45) is 2.17. The summed E-state index contributed by atoms with van der Waals surface area (Å²) in [6, 6.07) is 3.81. The Morgan fingerprint density at radius 2 is 1.90 bits per heavy atom. The van der Waals surface area contributed by atoms with Gasteiger partial charge in [-0.2, -0.15) is 9.61 Å². The maximum atomic E-state index is 12.4. The second-order valence-corrected chi connectivity index (χ2v) is 7.04. The van der Waals surface area contributed by atoms with Gasteiger partial charge in [0, 0.05) is 36.2 Å². The first-order chi connectivity index (χ1) is 9.88. The van der Waals surface area contributed by atoms with Crippen LogP contribution in [0.4, 0.5) is 0 Å². The molecule has 0 aliphatic carbocycles. The van der Waals surface area contributed by atoms with Crippen LogP contribution in [0.25, 0.3) is 5.65 Å². The molecule has 21 heavy (non-hydrogen) atoms. The highest BCUT2D eigenvalue weighted by molar-refractivity contribution is 5.44. The van der Waals surface area contributed by atoms with Crippen LogP contribution in [0.5, 0.6) is 0 Å². The minimum atomic E-state index is -0.0552. The second-order valence-electron chi connectivity index (χ2n) is 7.04. The summed E-state index contributed by atoms with van der Waals surface area (Å²) in [7, 11) is 2.04. The minimum absolute atomic E-state index is 0.0212. The molecule has 1 aliphatic heterocycles. The number of hydrogen-bond acceptors (Lipinski definition) is 3. The van der Waals surface area contributed by atoms with Crippen molar-refractivity contribution in [2.45, 2.75) is 44.9 Å². The lowest BCUT2D eigenvalue weighted by Gasteiger charge is -2.25. The van der Waals surface area contributed by atoms with Crippen LogP contribution >= 0.6 is 0 Å². The Hall–Kier alpha value is -1.62. The molecule has 1 fully saturated rings. The van der Waals surface area contributed by atoms with E-state index in [1.165, 1.54) is 4.52 Å². The summed E-state index contributed by atoms with van der Waals surface area (Å²) in [4.78, 5) is 12.4. The molecule has 0 aromatic carbocycles. The highest BCUT2D eigenvalue weighted by Crippen LogP contribution is 2.26. The van der Waals surface area contributed by atoms with Gasteiger partial charge in [0.2, 0.25) is 0 Å². The first-order valence-corrected chi connectivity index (χ1v) is 7.69. The van der Waals surface area contributed by atoms with Crippen molar-refractivity contribution in [2.75, 3.05) is 13.1 Å². The van der Waals surface area contributed by atoms with Gasteiger partial charge in [-0.05, 0) is 25.9 Å². The summed E-state index contributed by atoms with van der Waals surface area (Å²) in [5.41, 5.74) is 2.90. The molecular weight excluding hydrogens is 264 g/mol. The molecule has 2 aromatic heterocycles. The van der Waals surface area contributed by atoms with Crippen LogP contribution in [0.15, 0.2) is 16.9 Å². The number of rotatable bonds is 1. The predicted octanol–water partition coefficient (Wildman–Crippen LogP) is 1.80. The van der Waals surface area contributed by atoms with Crippen molar-refractivity contribution in [3.63, 3.8) is 0 Å².